The maximum Gasteiger partial charge on any atom is 0.138 e. The van der Waals surface area contributed by atoms with Crippen molar-refractivity contribution < 1.29 is 4.52 Å². The monoisotopic (exact) mass is 273 g/mol. The molecule has 3 rings (SSSR count). The normalized spacial score (nSPS) is 11.3. The number of aryl methyl sites for hydroxylation is 2. The molecule has 2 heterocycles. The summed E-state index contributed by atoms with van der Waals surface area (Å²) >= 11 is 1.73. The second-order valence-electron chi connectivity index (χ2n) is 4.48. The van der Waals surface area contributed by atoms with Gasteiger partial charge in [0.2, 0.25) is 0 Å². The number of nitrogens with zero attached hydrogens (tertiary/aromatic N) is 2. The average Bonchev–Trinajstić information content (AvgIpc) is 2.95. The maximum atomic E-state index is 5.14. The lowest BCUT2D eigenvalue weighted by Crippen LogP contribution is -2.13. The topological polar surface area (TPSA) is 51.0 Å². The van der Waals surface area contributed by atoms with Crippen molar-refractivity contribution in [2.45, 2.75) is 26.9 Å². The molecule has 0 aliphatic heterocycles. The van der Waals surface area contributed by atoms with Gasteiger partial charge in [0.25, 0.3) is 0 Å². The molecule has 19 heavy (non-hydrogen) atoms. The van der Waals surface area contributed by atoms with E-state index in [0.29, 0.717) is 0 Å². The fourth-order valence-electron chi connectivity index (χ4n) is 2.04. The Labute approximate surface area is 115 Å². The van der Waals surface area contributed by atoms with E-state index in [1.807, 2.05) is 32.0 Å². The van der Waals surface area contributed by atoms with Crippen molar-refractivity contribution in [2.24, 2.45) is 0 Å². The van der Waals surface area contributed by atoms with Crippen LogP contribution in [0.2, 0.25) is 0 Å². The zero-order chi connectivity index (χ0) is 13.2. The Balaban J connectivity index is 1.66. The smallest absolute Gasteiger partial charge is 0.138 e. The minimum Gasteiger partial charge on any atom is -0.361 e. The summed E-state index contributed by atoms with van der Waals surface area (Å²) in [6, 6.07) is 8.21. The minimum absolute atomic E-state index is 0.761. The van der Waals surface area contributed by atoms with Crippen molar-refractivity contribution in [3.8, 4) is 0 Å². The van der Waals surface area contributed by atoms with Crippen LogP contribution in [-0.4, -0.2) is 10.1 Å². The summed E-state index contributed by atoms with van der Waals surface area (Å²) in [5.41, 5.74) is 3.16. The second kappa shape index (κ2) is 5.11. The highest BCUT2D eigenvalue weighted by molar-refractivity contribution is 7.18. The SMILES string of the molecule is Cc1noc(C)c1CNCc1nc2ccccc2s1. The molecule has 0 fully saturated rings. The highest BCUT2D eigenvalue weighted by Crippen LogP contribution is 2.21. The summed E-state index contributed by atoms with van der Waals surface area (Å²) < 4.78 is 6.38. The van der Waals surface area contributed by atoms with Gasteiger partial charge in [0.05, 0.1) is 15.9 Å². The number of fused-ring (bicyclic) bond motifs is 1. The quantitative estimate of drug-likeness (QED) is 0.793. The zero-order valence-corrected chi connectivity index (χ0v) is 11.8. The Morgan fingerprint density at radius 1 is 1.21 bits per heavy atom. The first-order valence-electron chi connectivity index (χ1n) is 6.21. The van der Waals surface area contributed by atoms with Gasteiger partial charge in [-0.05, 0) is 26.0 Å². The fourth-order valence-corrected chi connectivity index (χ4v) is 2.98. The lowest BCUT2D eigenvalue weighted by molar-refractivity contribution is 0.392. The molecule has 3 aromatic rings. The zero-order valence-electron chi connectivity index (χ0n) is 10.9. The second-order valence-corrected chi connectivity index (χ2v) is 5.60. The molecule has 4 nitrogen and oxygen atoms in total. The van der Waals surface area contributed by atoms with Crippen LogP contribution in [0.1, 0.15) is 22.0 Å². The number of rotatable bonds is 4. The van der Waals surface area contributed by atoms with Crippen LogP contribution in [0.5, 0.6) is 0 Å². The molecular weight excluding hydrogens is 258 g/mol. The van der Waals surface area contributed by atoms with Gasteiger partial charge < -0.3 is 9.84 Å². The molecule has 0 unspecified atom stereocenters. The Morgan fingerprint density at radius 3 is 2.79 bits per heavy atom. The van der Waals surface area contributed by atoms with E-state index in [-0.39, 0.29) is 0 Å². The molecule has 0 radical (unpaired) electrons. The van der Waals surface area contributed by atoms with E-state index in [4.69, 9.17) is 4.52 Å². The first-order chi connectivity index (χ1) is 9.24. The summed E-state index contributed by atoms with van der Waals surface area (Å²) in [5, 5.41) is 8.45. The van der Waals surface area contributed by atoms with E-state index >= 15 is 0 Å². The molecule has 2 aromatic heterocycles. The first-order valence-corrected chi connectivity index (χ1v) is 7.02. The van der Waals surface area contributed by atoms with Gasteiger partial charge >= 0.3 is 0 Å². The summed E-state index contributed by atoms with van der Waals surface area (Å²) in [6.07, 6.45) is 0. The molecule has 0 bridgehead atoms. The van der Waals surface area contributed by atoms with Gasteiger partial charge in [-0.2, -0.15) is 0 Å². The van der Waals surface area contributed by atoms with E-state index < -0.39 is 0 Å². The summed E-state index contributed by atoms with van der Waals surface area (Å²) in [4.78, 5) is 4.59. The Morgan fingerprint density at radius 2 is 2.05 bits per heavy atom. The highest BCUT2D eigenvalue weighted by atomic mass is 32.1. The van der Waals surface area contributed by atoms with Gasteiger partial charge in [0, 0.05) is 18.7 Å². The molecule has 0 saturated carbocycles. The fraction of sp³-hybridized carbons (Fsp3) is 0.286. The van der Waals surface area contributed by atoms with Gasteiger partial charge in [-0.25, -0.2) is 4.98 Å². The van der Waals surface area contributed by atoms with E-state index in [1.165, 1.54) is 4.70 Å². The Kier molecular flexibility index (Phi) is 3.31. The van der Waals surface area contributed by atoms with Crippen LogP contribution in [0, 0.1) is 13.8 Å². The Bertz CT molecular complexity index is 649. The van der Waals surface area contributed by atoms with Crippen LogP contribution in [0.4, 0.5) is 0 Å². The molecule has 0 atom stereocenters. The third-order valence-electron chi connectivity index (χ3n) is 3.10. The minimum atomic E-state index is 0.761. The van der Waals surface area contributed by atoms with Crippen LogP contribution in [-0.2, 0) is 13.1 Å². The molecule has 98 valence electrons. The predicted molar refractivity (Wildman–Crippen MR) is 76.1 cm³/mol. The van der Waals surface area contributed by atoms with Crippen LogP contribution < -0.4 is 5.32 Å². The van der Waals surface area contributed by atoms with Crippen molar-refractivity contribution in [3.63, 3.8) is 0 Å². The van der Waals surface area contributed by atoms with E-state index in [2.05, 4.69) is 21.5 Å². The van der Waals surface area contributed by atoms with Crippen molar-refractivity contribution in [1.29, 1.82) is 0 Å². The van der Waals surface area contributed by atoms with Crippen molar-refractivity contribution >= 4 is 21.6 Å². The molecule has 1 N–H and O–H groups in total. The molecule has 0 aliphatic carbocycles. The number of thiazole rings is 1. The van der Waals surface area contributed by atoms with Gasteiger partial charge in [0.15, 0.2) is 0 Å². The highest BCUT2D eigenvalue weighted by Gasteiger charge is 2.08. The third kappa shape index (κ3) is 2.52. The first kappa shape index (κ1) is 12.3. The van der Waals surface area contributed by atoms with Crippen molar-refractivity contribution in [2.75, 3.05) is 0 Å². The van der Waals surface area contributed by atoms with Gasteiger partial charge in [-0.3, -0.25) is 0 Å². The van der Waals surface area contributed by atoms with E-state index in [0.717, 1.165) is 40.6 Å². The van der Waals surface area contributed by atoms with Crippen LogP contribution in [0.15, 0.2) is 28.8 Å². The predicted octanol–water partition coefficient (Wildman–Crippen LogP) is 3.19. The summed E-state index contributed by atoms with van der Waals surface area (Å²) in [7, 11) is 0. The van der Waals surface area contributed by atoms with E-state index in [1.54, 1.807) is 11.3 Å². The number of para-hydroxylation sites is 1. The average molecular weight is 273 g/mol. The summed E-state index contributed by atoms with van der Waals surface area (Å²) in [6.45, 7) is 5.43. The maximum absolute atomic E-state index is 5.14. The number of aromatic nitrogens is 2. The van der Waals surface area contributed by atoms with Crippen molar-refractivity contribution in [1.82, 2.24) is 15.5 Å². The number of hydrogen-bond donors (Lipinski definition) is 1. The van der Waals surface area contributed by atoms with E-state index in [9.17, 15) is 0 Å². The number of nitrogens with one attached hydrogen (secondary N) is 1. The van der Waals surface area contributed by atoms with Gasteiger partial charge in [0.1, 0.15) is 10.8 Å². The number of hydrogen-bond acceptors (Lipinski definition) is 5. The summed E-state index contributed by atoms with van der Waals surface area (Å²) in [5.74, 6) is 0.884. The largest absolute Gasteiger partial charge is 0.361 e. The molecule has 5 heteroatoms. The molecule has 0 spiro atoms. The molecular formula is C14H15N3OS. The Hall–Kier alpha value is -1.72. The standard InChI is InChI=1S/C14H15N3OS/c1-9-11(10(2)18-17-9)7-15-8-14-16-12-5-3-4-6-13(12)19-14/h3-6,15H,7-8H2,1-2H3. The van der Waals surface area contributed by atoms with Crippen LogP contribution >= 0.6 is 11.3 Å². The van der Waals surface area contributed by atoms with Gasteiger partial charge in [-0.1, -0.05) is 17.3 Å². The van der Waals surface area contributed by atoms with Crippen LogP contribution in [0.3, 0.4) is 0 Å². The lowest BCUT2D eigenvalue weighted by Gasteiger charge is -2.01. The molecule has 0 amide bonds. The molecule has 0 saturated heterocycles. The third-order valence-corrected chi connectivity index (χ3v) is 4.13. The van der Waals surface area contributed by atoms with Gasteiger partial charge in [-0.15, -0.1) is 11.3 Å². The molecule has 1 aromatic carbocycles. The molecule has 0 aliphatic rings. The lowest BCUT2D eigenvalue weighted by atomic mass is 10.2. The van der Waals surface area contributed by atoms with Crippen LogP contribution in [0.25, 0.3) is 10.2 Å². The number of benzene rings is 1. The van der Waals surface area contributed by atoms with Crippen molar-refractivity contribution in [3.05, 3.63) is 46.3 Å².